The summed E-state index contributed by atoms with van der Waals surface area (Å²) in [6.45, 7) is 2.85. The molecule has 1 atom stereocenters. The van der Waals surface area contributed by atoms with Crippen molar-refractivity contribution in [2.75, 3.05) is 27.8 Å². The predicted octanol–water partition coefficient (Wildman–Crippen LogP) is 3.62. The van der Waals surface area contributed by atoms with Crippen molar-refractivity contribution in [2.45, 2.75) is 19.5 Å². The fourth-order valence-corrected chi connectivity index (χ4v) is 4.11. The van der Waals surface area contributed by atoms with Crippen molar-refractivity contribution < 1.29 is 14.3 Å². The molecule has 0 bridgehead atoms. The number of carbonyl (C=O) groups is 1. The minimum absolute atomic E-state index is 0.0546. The maximum absolute atomic E-state index is 12.5. The number of para-hydroxylation sites is 1. The van der Waals surface area contributed by atoms with Crippen LogP contribution in [0.3, 0.4) is 0 Å². The molecule has 28 heavy (non-hydrogen) atoms. The van der Waals surface area contributed by atoms with Crippen molar-refractivity contribution in [2.24, 2.45) is 0 Å². The lowest BCUT2D eigenvalue weighted by Gasteiger charge is -2.20. The average Bonchev–Trinajstić information content (AvgIpc) is 3.09. The zero-order chi connectivity index (χ0) is 20.1. The largest absolute Gasteiger partial charge is 0.497 e. The summed E-state index contributed by atoms with van der Waals surface area (Å²) in [7, 11) is 5.15. The molecule has 0 saturated carbocycles. The number of methoxy groups -OCH3 is 2. The number of nitrogens with zero attached hydrogens (tertiary/aromatic N) is 2. The van der Waals surface area contributed by atoms with Gasteiger partial charge in [-0.15, -0.1) is 11.3 Å². The fraction of sp³-hybridized carbons (Fsp3) is 0.333. The number of likely N-dealkylation sites (N-methyl/N-ethyl adjacent to an activating group) is 1. The third kappa shape index (κ3) is 4.79. The fourth-order valence-electron chi connectivity index (χ4n) is 3.06. The summed E-state index contributed by atoms with van der Waals surface area (Å²) < 4.78 is 11.9. The maximum atomic E-state index is 12.5. The molecule has 1 amide bonds. The van der Waals surface area contributed by atoms with Crippen LogP contribution in [0.15, 0.2) is 42.5 Å². The van der Waals surface area contributed by atoms with Crippen LogP contribution in [-0.4, -0.2) is 43.6 Å². The number of carbonyl (C=O) groups excluding carboxylic acids is 1. The molecule has 148 valence electrons. The first kappa shape index (κ1) is 20.1. The van der Waals surface area contributed by atoms with E-state index in [0.29, 0.717) is 6.54 Å². The molecule has 3 rings (SSSR count). The second-order valence-corrected chi connectivity index (χ2v) is 7.76. The van der Waals surface area contributed by atoms with Crippen molar-refractivity contribution in [3.8, 4) is 11.5 Å². The molecule has 0 radical (unpaired) electrons. The SMILES string of the molecule is COc1ccc(OC)c(C(C)NC(=O)CN(C)Cc2nc3ccccc3s2)c1. The van der Waals surface area contributed by atoms with Gasteiger partial charge in [0.25, 0.3) is 0 Å². The molecule has 0 aliphatic carbocycles. The Morgan fingerprint density at radius 2 is 2.00 bits per heavy atom. The summed E-state index contributed by atoms with van der Waals surface area (Å²) in [5.74, 6) is 1.39. The van der Waals surface area contributed by atoms with Gasteiger partial charge in [0.05, 0.1) is 43.6 Å². The predicted molar refractivity (Wildman–Crippen MR) is 112 cm³/mol. The van der Waals surface area contributed by atoms with Crippen LogP contribution in [0.5, 0.6) is 11.5 Å². The highest BCUT2D eigenvalue weighted by Gasteiger charge is 2.17. The van der Waals surface area contributed by atoms with Crippen LogP contribution in [0.2, 0.25) is 0 Å². The van der Waals surface area contributed by atoms with Gasteiger partial charge in [0.1, 0.15) is 16.5 Å². The molecule has 1 N–H and O–H groups in total. The molecule has 2 aromatic carbocycles. The van der Waals surface area contributed by atoms with Gasteiger partial charge in [0, 0.05) is 5.56 Å². The van der Waals surface area contributed by atoms with Crippen LogP contribution in [0, 0.1) is 0 Å². The highest BCUT2D eigenvalue weighted by atomic mass is 32.1. The van der Waals surface area contributed by atoms with E-state index in [-0.39, 0.29) is 18.5 Å². The third-order valence-corrected chi connectivity index (χ3v) is 5.46. The van der Waals surface area contributed by atoms with Gasteiger partial charge in [0.15, 0.2) is 0 Å². The van der Waals surface area contributed by atoms with Gasteiger partial charge in [0.2, 0.25) is 5.91 Å². The smallest absolute Gasteiger partial charge is 0.234 e. The van der Waals surface area contributed by atoms with Gasteiger partial charge in [-0.25, -0.2) is 4.98 Å². The summed E-state index contributed by atoms with van der Waals surface area (Å²) >= 11 is 1.66. The highest BCUT2D eigenvalue weighted by molar-refractivity contribution is 7.18. The molecule has 1 unspecified atom stereocenters. The number of aromatic nitrogens is 1. The zero-order valence-electron chi connectivity index (χ0n) is 16.6. The Labute approximate surface area is 169 Å². The Kier molecular flexibility index (Phi) is 6.49. The first-order valence-corrected chi connectivity index (χ1v) is 9.86. The van der Waals surface area contributed by atoms with E-state index in [0.717, 1.165) is 32.3 Å². The highest BCUT2D eigenvalue weighted by Crippen LogP contribution is 2.29. The number of thiazole rings is 1. The number of rotatable bonds is 8. The molecule has 7 heteroatoms. The first-order valence-electron chi connectivity index (χ1n) is 9.04. The van der Waals surface area contributed by atoms with Crippen molar-refractivity contribution in [3.05, 3.63) is 53.0 Å². The summed E-state index contributed by atoms with van der Waals surface area (Å²) in [5, 5.41) is 4.03. The lowest BCUT2D eigenvalue weighted by atomic mass is 10.1. The van der Waals surface area contributed by atoms with Crippen LogP contribution in [0.25, 0.3) is 10.2 Å². The van der Waals surface area contributed by atoms with Crippen LogP contribution in [0.4, 0.5) is 0 Å². The van der Waals surface area contributed by atoms with E-state index in [9.17, 15) is 4.79 Å². The van der Waals surface area contributed by atoms with E-state index in [1.54, 1.807) is 25.6 Å². The molecule has 0 saturated heterocycles. The van der Waals surface area contributed by atoms with E-state index in [1.165, 1.54) is 0 Å². The molecular weight excluding hydrogens is 374 g/mol. The Morgan fingerprint density at radius 1 is 1.21 bits per heavy atom. The Morgan fingerprint density at radius 3 is 2.71 bits per heavy atom. The molecule has 0 fully saturated rings. The van der Waals surface area contributed by atoms with Gasteiger partial charge in [-0.1, -0.05) is 12.1 Å². The normalized spacial score (nSPS) is 12.2. The topological polar surface area (TPSA) is 63.7 Å². The number of nitrogens with one attached hydrogen (secondary N) is 1. The van der Waals surface area contributed by atoms with E-state index < -0.39 is 0 Å². The third-order valence-electron chi connectivity index (χ3n) is 4.44. The van der Waals surface area contributed by atoms with Crippen molar-refractivity contribution in [3.63, 3.8) is 0 Å². The second-order valence-electron chi connectivity index (χ2n) is 6.64. The van der Waals surface area contributed by atoms with Gasteiger partial charge < -0.3 is 14.8 Å². The molecule has 6 nitrogen and oxygen atoms in total. The summed E-state index contributed by atoms with van der Waals surface area (Å²) in [5.41, 5.74) is 1.88. The Hall–Kier alpha value is -2.64. The monoisotopic (exact) mass is 399 g/mol. The second kappa shape index (κ2) is 9.03. The molecule has 0 aliphatic rings. The maximum Gasteiger partial charge on any atom is 0.234 e. The van der Waals surface area contributed by atoms with E-state index in [4.69, 9.17) is 9.47 Å². The summed E-state index contributed by atoms with van der Waals surface area (Å²) in [6.07, 6.45) is 0. The molecule has 3 aromatic rings. The molecule has 1 aromatic heterocycles. The van der Waals surface area contributed by atoms with Crippen LogP contribution in [0.1, 0.15) is 23.5 Å². The molecule has 0 aliphatic heterocycles. The first-order chi connectivity index (χ1) is 13.5. The van der Waals surface area contributed by atoms with E-state index in [1.807, 2.05) is 55.3 Å². The molecule has 1 heterocycles. The van der Waals surface area contributed by atoms with Crippen LogP contribution in [-0.2, 0) is 11.3 Å². The van der Waals surface area contributed by atoms with Gasteiger partial charge in [-0.2, -0.15) is 0 Å². The number of hydrogen-bond acceptors (Lipinski definition) is 6. The van der Waals surface area contributed by atoms with Crippen molar-refractivity contribution >= 4 is 27.5 Å². The number of amides is 1. The summed E-state index contributed by atoms with van der Waals surface area (Å²) in [6, 6.07) is 13.4. The quantitative estimate of drug-likeness (QED) is 0.627. The minimum Gasteiger partial charge on any atom is -0.497 e. The zero-order valence-corrected chi connectivity index (χ0v) is 17.4. The van der Waals surface area contributed by atoms with E-state index >= 15 is 0 Å². The number of hydrogen-bond donors (Lipinski definition) is 1. The average molecular weight is 400 g/mol. The molecule has 0 spiro atoms. The van der Waals surface area contributed by atoms with Crippen molar-refractivity contribution in [1.29, 1.82) is 0 Å². The van der Waals surface area contributed by atoms with Gasteiger partial charge in [-0.05, 0) is 44.3 Å². The number of fused-ring (bicyclic) bond motifs is 1. The van der Waals surface area contributed by atoms with Gasteiger partial charge >= 0.3 is 0 Å². The lowest BCUT2D eigenvalue weighted by molar-refractivity contribution is -0.122. The Balaban J connectivity index is 1.60. The van der Waals surface area contributed by atoms with Crippen LogP contribution >= 0.6 is 11.3 Å². The van der Waals surface area contributed by atoms with Gasteiger partial charge in [-0.3, -0.25) is 9.69 Å². The Bertz CT molecular complexity index is 924. The van der Waals surface area contributed by atoms with Crippen LogP contribution < -0.4 is 14.8 Å². The summed E-state index contributed by atoms with van der Waals surface area (Å²) in [4.78, 5) is 19.1. The standard InChI is InChI=1S/C21H25N3O3S/c1-14(16-11-15(26-3)9-10-18(16)27-4)22-20(25)12-24(2)13-21-23-17-7-5-6-8-19(17)28-21/h5-11,14H,12-13H2,1-4H3,(H,22,25). The molecular formula is C21H25N3O3S. The van der Waals surface area contributed by atoms with Crippen molar-refractivity contribution in [1.82, 2.24) is 15.2 Å². The number of benzene rings is 2. The minimum atomic E-state index is -0.201. The number of ether oxygens (including phenoxy) is 2. The van der Waals surface area contributed by atoms with E-state index in [2.05, 4.69) is 16.4 Å². The lowest BCUT2D eigenvalue weighted by Crippen LogP contribution is -2.36.